The lowest BCUT2D eigenvalue weighted by molar-refractivity contribution is 0.0217. The summed E-state index contributed by atoms with van der Waals surface area (Å²) in [6, 6.07) is 13.7. The third kappa shape index (κ3) is 4.15. The summed E-state index contributed by atoms with van der Waals surface area (Å²) < 4.78 is 13.2. The summed E-state index contributed by atoms with van der Waals surface area (Å²) >= 11 is 0. The largest absolute Gasteiger partial charge is 0.486 e. The molecule has 140 valence electrons. The number of para-hydroxylation sites is 1. The number of hydrogen-bond donors (Lipinski definition) is 0. The Balaban J connectivity index is 1.59. The molecule has 3 aromatic rings. The van der Waals surface area contributed by atoms with Gasteiger partial charge in [-0.15, -0.1) is 0 Å². The van der Waals surface area contributed by atoms with Gasteiger partial charge in [0.05, 0.1) is 19.3 Å². The lowest BCUT2D eigenvalue weighted by Crippen LogP contribution is -2.40. The topological polar surface area (TPSA) is 65.3 Å². The molecule has 0 bridgehead atoms. The number of rotatable bonds is 6. The highest BCUT2D eigenvalue weighted by molar-refractivity contribution is 5.23. The standard InChI is InChI=1S/C20H23N5O2/c1-24-20(22-18(23-24)15-27-17-7-3-2-4-8-17)19(16-6-5-9-21-14-16)25-10-12-26-13-11-25/h2-9,14,19H,10-13,15H2,1H3/t19-/m0/s1. The van der Waals surface area contributed by atoms with Crippen molar-refractivity contribution in [2.75, 3.05) is 26.3 Å². The molecule has 4 rings (SSSR count). The minimum Gasteiger partial charge on any atom is -0.486 e. The first-order valence-corrected chi connectivity index (χ1v) is 9.10. The summed E-state index contributed by atoms with van der Waals surface area (Å²) in [6.07, 6.45) is 3.69. The summed E-state index contributed by atoms with van der Waals surface area (Å²) in [7, 11) is 1.93. The van der Waals surface area contributed by atoms with Crippen LogP contribution in [0, 0.1) is 0 Å². The highest BCUT2D eigenvalue weighted by Crippen LogP contribution is 2.27. The van der Waals surface area contributed by atoms with E-state index >= 15 is 0 Å². The van der Waals surface area contributed by atoms with Crippen LogP contribution in [-0.4, -0.2) is 51.0 Å². The Morgan fingerprint density at radius 1 is 1.11 bits per heavy atom. The van der Waals surface area contributed by atoms with Crippen LogP contribution in [0.4, 0.5) is 0 Å². The van der Waals surface area contributed by atoms with Gasteiger partial charge in [0.25, 0.3) is 0 Å². The first-order valence-electron chi connectivity index (χ1n) is 9.10. The molecule has 27 heavy (non-hydrogen) atoms. The molecule has 1 aliphatic heterocycles. The number of nitrogens with zero attached hydrogens (tertiary/aromatic N) is 5. The van der Waals surface area contributed by atoms with Gasteiger partial charge in [-0.05, 0) is 23.8 Å². The minimum atomic E-state index is -0.00873. The molecular formula is C20H23N5O2. The van der Waals surface area contributed by atoms with E-state index in [1.54, 1.807) is 6.20 Å². The Bertz CT molecular complexity index is 847. The van der Waals surface area contributed by atoms with Crippen LogP contribution in [0.5, 0.6) is 5.75 Å². The van der Waals surface area contributed by atoms with E-state index in [4.69, 9.17) is 14.5 Å². The molecule has 1 aromatic carbocycles. The van der Waals surface area contributed by atoms with Crippen molar-refractivity contribution in [3.8, 4) is 5.75 Å². The molecule has 7 heteroatoms. The van der Waals surface area contributed by atoms with Gasteiger partial charge >= 0.3 is 0 Å². The number of ether oxygens (including phenoxy) is 2. The molecule has 1 aliphatic rings. The van der Waals surface area contributed by atoms with Gasteiger partial charge in [0.15, 0.2) is 5.82 Å². The lowest BCUT2D eigenvalue weighted by atomic mass is 10.1. The Kier molecular flexibility index (Phi) is 5.41. The van der Waals surface area contributed by atoms with Gasteiger partial charge in [-0.3, -0.25) is 14.6 Å². The molecule has 0 aliphatic carbocycles. The molecule has 0 amide bonds. The van der Waals surface area contributed by atoms with E-state index in [0.717, 1.165) is 43.4 Å². The Labute approximate surface area is 158 Å². The monoisotopic (exact) mass is 365 g/mol. The smallest absolute Gasteiger partial charge is 0.188 e. The number of aryl methyl sites for hydroxylation is 1. The van der Waals surface area contributed by atoms with Gasteiger partial charge in [-0.1, -0.05) is 24.3 Å². The molecule has 3 heterocycles. The normalized spacial score (nSPS) is 16.2. The molecular weight excluding hydrogens is 342 g/mol. The fraction of sp³-hybridized carbons (Fsp3) is 0.350. The van der Waals surface area contributed by atoms with Gasteiger partial charge in [0, 0.05) is 32.5 Å². The molecule has 1 atom stereocenters. The Morgan fingerprint density at radius 2 is 1.93 bits per heavy atom. The van der Waals surface area contributed by atoms with Crippen molar-refractivity contribution in [3.05, 3.63) is 72.1 Å². The second-order valence-electron chi connectivity index (χ2n) is 6.45. The zero-order valence-electron chi connectivity index (χ0n) is 15.4. The number of benzene rings is 1. The van der Waals surface area contributed by atoms with E-state index in [0.29, 0.717) is 12.4 Å². The minimum absolute atomic E-state index is 0.00873. The fourth-order valence-corrected chi connectivity index (χ4v) is 3.31. The summed E-state index contributed by atoms with van der Waals surface area (Å²) in [5.74, 6) is 2.36. The highest BCUT2D eigenvalue weighted by atomic mass is 16.5. The van der Waals surface area contributed by atoms with Crippen molar-refractivity contribution in [3.63, 3.8) is 0 Å². The molecule has 0 spiro atoms. The van der Waals surface area contributed by atoms with Crippen LogP contribution in [0.25, 0.3) is 0 Å². The van der Waals surface area contributed by atoms with Gasteiger partial charge in [0.2, 0.25) is 0 Å². The zero-order valence-corrected chi connectivity index (χ0v) is 15.4. The third-order valence-electron chi connectivity index (χ3n) is 4.61. The van der Waals surface area contributed by atoms with Crippen molar-refractivity contribution < 1.29 is 9.47 Å². The van der Waals surface area contributed by atoms with Gasteiger partial charge in [-0.25, -0.2) is 4.98 Å². The maximum absolute atomic E-state index is 5.81. The second-order valence-corrected chi connectivity index (χ2v) is 6.45. The van der Waals surface area contributed by atoms with Crippen LogP contribution in [0.2, 0.25) is 0 Å². The van der Waals surface area contributed by atoms with E-state index in [-0.39, 0.29) is 6.04 Å². The third-order valence-corrected chi connectivity index (χ3v) is 4.61. The molecule has 2 aromatic heterocycles. The SMILES string of the molecule is Cn1nc(COc2ccccc2)nc1[C@H](c1cccnc1)N1CCOCC1. The molecule has 1 fully saturated rings. The van der Waals surface area contributed by atoms with Crippen LogP contribution in [-0.2, 0) is 18.4 Å². The molecule has 0 saturated carbocycles. The van der Waals surface area contributed by atoms with Gasteiger partial charge in [0.1, 0.15) is 18.2 Å². The number of aromatic nitrogens is 4. The second kappa shape index (κ2) is 8.28. The maximum atomic E-state index is 5.81. The quantitative estimate of drug-likeness (QED) is 0.667. The van der Waals surface area contributed by atoms with E-state index in [9.17, 15) is 0 Å². The van der Waals surface area contributed by atoms with Crippen LogP contribution >= 0.6 is 0 Å². The van der Waals surface area contributed by atoms with Crippen molar-refractivity contribution >= 4 is 0 Å². The Morgan fingerprint density at radius 3 is 2.67 bits per heavy atom. The predicted octanol–water partition coefficient (Wildman–Crippen LogP) is 2.21. The van der Waals surface area contributed by atoms with E-state index in [1.807, 2.05) is 54.3 Å². The predicted molar refractivity (Wildman–Crippen MR) is 100 cm³/mol. The van der Waals surface area contributed by atoms with Crippen LogP contribution in [0.1, 0.15) is 23.3 Å². The molecule has 0 radical (unpaired) electrons. The average Bonchev–Trinajstić information content (AvgIpc) is 3.09. The Hall–Kier alpha value is -2.77. The maximum Gasteiger partial charge on any atom is 0.188 e. The lowest BCUT2D eigenvalue weighted by Gasteiger charge is -2.33. The van der Waals surface area contributed by atoms with Crippen molar-refractivity contribution in [2.45, 2.75) is 12.6 Å². The summed E-state index contributed by atoms with van der Waals surface area (Å²) in [4.78, 5) is 11.5. The number of hydrogen-bond acceptors (Lipinski definition) is 6. The first-order chi connectivity index (χ1) is 13.3. The number of pyridine rings is 1. The summed E-state index contributed by atoms with van der Waals surface area (Å²) in [5, 5.41) is 4.57. The van der Waals surface area contributed by atoms with E-state index < -0.39 is 0 Å². The molecule has 0 unspecified atom stereocenters. The summed E-state index contributed by atoms with van der Waals surface area (Å²) in [5.41, 5.74) is 1.10. The first kappa shape index (κ1) is 17.6. The van der Waals surface area contributed by atoms with Crippen molar-refractivity contribution in [1.29, 1.82) is 0 Å². The summed E-state index contributed by atoms with van der Waals surface area (Å²) in [6.45, 7) is 3.47. The van der Waals surface area contributed by atoms with Gasteiger partial charge in [-0.2, -0.15) is 5.10 Å². The number of morpholine rings is 1. The van der Waals surface area contributed by atoms with Crippen molar-refractivity contribution in [2.24, 2.45) is 7.05 Å². The zero-order chi connectivity index (χ0) is 18.5. The highest BCUT2D eigenvalue weighted by Gasteiger charge is 2.28. The molecule has 1 saturated heterocycles. The van der Waals surface area contributed by atoms with Crippen molar-refractivity contribution in [1.82, 2.24) is 24.6 Å². The van der Waals surface area contributed by atoms with Crippen LogP contribution < -0.4 is 4.74 Å². The molecule has 7 nitrogen and oxygen atoms in total. The van der Waals surface area contributed by atoms with E-state index in [2.05, 4.69) is 21.0 Å². The van der Waals surface area contributed by atoms with Gasteiger partial charge < -0.3 is 9.47 Å². The molecule has 0 N–H and O–H groups in total. The van der Waals surface area contributed by atoms with Crippen LogP contribution in [0.3, 0.4) is 0 Å². The van der Waals surface area contributed by atoms with Crippen LogP contribution in [0.15, 0.2) is 54.9 Å². The average molecular weight is 365 g/mol. The van der Waals surface area contributed by atoms with E-state index in [1.165, 1.54) is 0 Å². The fourth-order valence-electron chi connectivity index (χ4n) is 3.31.